The fraction of sp³-hybridized carbons (Fsp3) is 0.500. The molecule has 1 saturated carbocycles. The van der Waals surface area contributed by atoms with Gasteiger partial charge < -0.3 is 19.4 Å². The minimum Gasteiger partial charge on any atom is -0.465 e. The highest BCUT2D eigenvalue weighted by Gasteiger charge is 2.41. The Morgan fingerprint density at radius 2 is 2.00 bits per heavy atom. The molecule has 1 unspecified atom stereocenters. The van der Waals surface area contributed by atoms with Crippen LogP contribution in [0.15, 0.2) is 24.4 Å². The molecule has 8 nitrogen and oxygen atoms in total. The van der Waals surface area contributed by atoms with Crippen LogP contribution in [0.5, 0.6) is 0 Å². The van der Waals surface area contributed by atoms with E-state index in [-0.39, 0.29) is 17.9 Å². The van der Waals surface area contributed by atoms with Gasteiger partial charge in [0.2, 0.25) is 11.9 Å². The smallest absolute Gasteiger partial charge is 0.337 e. The molecule has 1 aliphatic carbocycles. The first kappa shape index (κ1) is 20.7. The molecule has 2 aliphatic heterocycles. The van der Waals surface area contributed by atoms with Crippen LogP contribution in [0.25, 0.3) is 0 Å². The Morgan fingerprint density at radius 1 is 1.22 bits per heavy atom. The van der Waals surface area contributed by atoms with Gasteiger partial charge in [-0.2, -0.15) is 4.98 Å². The third-order valence-corrected chi connectivity index (χ3v) is 7.04. The molecule has 3 aliphatic rings. The lowest BCUT2D eigenvalue weighted by atomic mass is 10.0. The standard InChI is InChI=1S/C24H29N5O3/c1-4-18-22(30)27(2)20-14-25-24(26-21(20)29(18)17-7-5-6-8-17)28-12-11-15-13-16(23(31)32-3)9-10-19(15)28/h9-10,13-14,17-18H,4-8,11-12H2,1-3H3. The molecular weight excluding hydrogens is 406 g/mol. The van der Waals surface area contributed by atoms with Crippen molar-refractivity contribution in [3.8, 4) is 0 Å². The Kier molecular flexibility index (Phi) is 5.23. The quantitative estimate of drug-likeness (QED) is 0.681. The highest BCUT2D eigenvalue weighted by atomic mass is 16.5. The number of benzene rings is 1. The van der Waals surface area contributed by atoms with Gasteiger partial charge in [-0.05, 0) is 49.4 Å². The van der Waals surface area contributed by atoms with E-state index in [2.05, 4.69) is 21.7 Å². The van der Waals surface area contributed by atoms with E-state index in [1.54, 1.807) is 17.2 Å². The first-order chi connectivity index (χ1) is 15.5. The van der Waals surface area contributed by atoms with Crippen molar-refractivity contribution in [2.45, 2.75) is 57.5 Å². The normalized spacial score (nSPS) is 20.5. The second-order valence-electron chi connectivity index (χ2n) is 8.78. The molecule has 1 aromatic carbocycles. The summed E-state index contributed by atoms with van der Waals surface area (Å²) in [5.41, 5.74) is 3.42. The number of carbonyl (C=O) groups is 2. The van der Waals surface area contributed by atoms with Crippen LogP contribution in [-0.2, 0) is 16.0 Å². The molecule has 8 heteroatoms. The van der Waals surface area contributed by atoms with Crippen LogP contribution in [0, 0.1) is 0 Å². The van der Waals surface area contributed by atoms with Crippen LogP contribution in [-0.4, -0.2) is 54.6 Å². The molecule has 0 N–H and O–H groups in total. The van der Waals surface area contributed by atoms with Crippen LogP contribution in [0.1, 0.15) is 54.9 Å². The molecule has 0 radical (unpaired) electrons. The Labute approximate surface area is 188 Å². The number of carbonyl (C=O) groups excluding carboxylic acids is 2. The molecule has 0 spiro atoms. The predicted molar refractivity (Wildman–Crippen MR) is 123 cm³/mol. The van der Waals surface area contributed by atoms with Crippen molar-refractivity contribution < 1.29 is 14.3 Å². The molecule has 1 amide bonds. The van der Waals surface area contributed by atoms with Gasteiger partial charge in [0, 0.05) is 25.3 Å². The van der Waals surface area contributed by atoms with Crippen molar-refractivity contribution >= 4 is 35.0 Å². The molecule has 5 rings (SSSR count). The van der Waals surface area contributed by atoms with Gasteiger partial charge in [0.1, 0.15) is 11.7 Å². The number of methoxy groups -OCH3 is 1. The van der Waals surface area contributed by atoms with E-state index < -0.39 is 0 Å². The molecule has 1 aromatic heterocycles. The lowest BCUT2D eigenvalue weighted by molar-refractivity contribution is -0.120. The summed E-state index contributed by atoms with van der Waals surface area (Å²) in [4.78, 5) is 40.7. The number of rotatable bonds is 4. The number of hydrogen-bond donors (Lipinski definition) is 0. The average molecular weight is 436 g/mol. The summed E-state index contributed by atoms with van der Waals surface area (Å²) < 4.78 is 4.85. The van der Waals surface area contributed by atoms with Crippen LogP contribution < -0.4 is 14.7 Å². The maximum absolute atomic E-state index is 13.1. The number of amides is 1. The van der Waals surface area contributed by atoms with E-state index in [0.29, 0.717) is 17.6 Å². The van der Waals surface area contributed by atoms with Gasteiger partial charge in [-0.3, -0.25) is 4.79 Å². The van der Waals surface area contributed by atoms with E-state index in [0.717, 1.165) is 55.0 Å². The average Bonchev–Trinajstić information content (AvgIpc) is 3.50. The number of esters is 1. The largest absolute Gasteiger partial charge is 0.465 e. The van der Waals surface area contributed by atoms with Gasteiger partial charge in [-0.25, -0.2) is 9.78 Å². The van der Waals surface area contributed by atoms with Gasteiger partial charge in [0.15, 0.2) is 5.82 Å². The summed E-state index contributed by atoms with van der Waals surface area (Å²) >= 11 is 0. The second kappa shape index (κ2) is 8.07. The van der Waals surface area contributed by atoms with E-state index in [1.165, 1.54) is 20.0 Å². The Hall–Kier alpha value is -3.16. The summed E-state index contributed by atoms with van der Waals surface area (Å²) in [7, 11) is 3.21. The van der Waals surface area contributed by atoms with Gasteiger partial charge in [0.05, 0.1) is 18.9 Å². The van der Waals surface area contributed by atoms with Gasteiger partial charge >= 0.3 is 5.97 Å². The number of nitrogens with zero attached hydrogens (tertiary/aromatic N) is 5. The number of likely N-dealkylation sites (N-methyl/N-ethyl adjacent to an activating group) is 1. The minimum atomic E-state index is -0.332. The van der Waals surface area contributed by atoms with E-state index in [4.69, 9.17) is 9.72 Å². The molecule has 32 heavy (non-hydrogen) atoms. The van der Waals surface area contributed by atoms with Crippen molar-refractivity contribution in [1.29, 1.82) is 0 Å². The van der Waals surface area contributed by atoms with Crippen LogP contribution in [0.4, 0.5) is 23.1 Å². The number of fused-ring (bicyclic) bond motifs is 2. The van der Waals surface area contributed by atoms with E-state index in [1.807, 2.05) is 19.2 Å². The minimum absolute atomic E-state index is 0.116. The molecule has 168 valence electrons. The summed E-state index contributed by atoms with van der Waals surface area (Å²) in [6, 6.07) is 5.77. The monoisotopic (exact) mass is 435 g/mol. The molecule has 0 bridgehead atoms. The van der Waals surface area contributed by atoms with Crippen molar-refractivity contribution in [1.82, 2.24) is 9.97 Å². The van der Waals surface area contributed by atoms with Gasteiger partial charge in [0.25, 0.3) is 0 Å². The topological polar surface area (TPSA) is 78.9 Å². The fourth-order valence-electron chi connectivity index (χ4n) is 5.36. The second-order valence-corrected chi connectivity index (χ2v) is 8.78. The Morgan fingerprint density at radius 3 is 2.72 bits per heavy atom. The molecule has 2 aromatic rings. The first-order valence-electron chi connectivity index (χ1n) is 11.4. The summed E-state index contributed by atoms with van der Waals surface area (Å²) in [6.07, 6.45) is 7.91. The molecule has 3 heterocycles. The third kappa shape index (κ3) is 3.20. The molecule has 1 fully saturated rings. The van der Waals surface area contributed by atoms with E-state index in [9.17, 15) is 9.59 Å². The zero-order valence-corrected chi connectivity index (χ0v) is 18.9. The van der Waals surface area contributed by atoms with E-state index >= 15 is 0 Å². The zero-order chi connectivity index (χ0) is 22.4. The van der Waals surface area contributed by atoms with Crippen LogP contribution in [0.2, 0.25) is 0 Å². The maximum Gasteiger partial charge on any atom is 0.337 e. The summed E-state index contributed by atoms with van der Waals surface area (Å²) in [5.74, 6) is 1.27. The predicted octanol–water partition coefficient (Wildman–Crippen LogP) is 3.46. The highest BCUT2D eigenvalue weighted by molar-refractivity contribution is 6.04. The highest BCUT2D eigenvalue weighted by Crippen LogP contribution is 2.41. The van der Waals surface area contributed by atoms with Crippen LogP contribution in [0.3, 0.4) is 0 Å². The van der Waals surface area contributed by atoms with Crippen molar-refractivity contribution in [2.75, 3.05) is 35.4 Å². The van der Waals surface area contributed by atoms with Gasteiger partial charge in [-0.15, -0.1) is 0 Å². The van der Waals surface area contributed by atoms with Crippen molar-refractivity contribution in [3.63, 3.8) is 0 Å². The summed E-state index contributed by atoms with van der Waals surface area (Å²) in [6.45, 7) is 2.81. The molecule has 0 saturated heterocycles. The third-order valence-electron chi connectivity index (χ3n) is 7.04. The Bertz CT molecular complexity index is 1070. The molecular formula is C24H29N5O3. The van der Waals surface area contributed by atoms with Crippen LogP contribution >= 0.6 is 0 Å². The van der Waals surface area contributed by atoms with Crippen molar-refractivity contribution in [2.24, 2.45) is 0 Å². The number of ether oxygens (including phenoxy) is 1. The fourth-order valence-corrected chi connectivity index (χ4v) is 5.36. The Balaban J connectivity index is 1.55. The molecule has 1 atom stereocenters. The number of hydrogen-bond acceptors (Lipinski definition) is 7. The number of anilines is 4. The summed E-state index contributed by atoms with van der Waals surface area (Å²) in [5, 5.41) is 0. The van der Waals surface area contributed by atoms with Gasteiger partial charge in [-0.1, -0.05) is 19.8 Å². The number of aromatic nitrogens is 2. The maximum atomic E-state index is 13.1. The zero-order valence-electron chi connectivity index (χ0n) is 18.9. The lowest BCUT2D eigenvalue weighted by Crippen LogP contribution is -2.55. The lowest BCUT2D eigenvalue weighted by Gasteiger charge is -2.43. The van der Waals surface area contributed by atoms with Crippen molar-refractivity contribution in [3.05, 3.63) is 35.5 Å². The SMILES string of the molecule is CCC1C(=O)N(C)c2cnc(N3CCc4cc(C(=O)OC)ccc43)nc2N1C1CCCC1. The first-order valence-corrected chi connectivity index (χ1v) is 11.4.